The van der Waals surface area contributed by atoms with E-state index in [-0.39, 0.29) is 5.91 Å². The van der Waals surface area contributed by atoms with Crippen molar-refractivity contribution in [3.05, 3.63) is 94.5 Å². The molecule has 0 aliphatic carbocycles. The number of fused-ring (bicyclic) bond motifs is 2. The summed E-state index contributed by atoms with van der Waals surface area (Å²) in [5.74, 6) is 2.04. The summed E-state index contributed by atoms with van der Waals surface area (Å²) in [7, 11) is 0. The van der Waals surface area contributed by atoms with E-state index in [1.165, 1.54) is 19.3 Å². The molecule has 5 rings (SSSR count). The van der Waals surface area contributed by atoms with Crippen molar-refractivity contribution in [3.63, 3.8) is 0 Å². The van der Waals surface area contributed by atoms with Gasteiger partial charge in [0.05, 0.1) is 12.0 Å². The molecule has 1 atom stereocenters. The molecule has 202 valence electrons. The van der Waals surface area contributed by atoms with E-state index in [1.807, 2.05) is 79.7 Å². The molecule has 7 nitrogen and oxygen atoms in total. The minimum atomic E-state index is -0.515. The summed E-state index contributed by atoms with van der Waals surface area (Å²) in [6.07, 6.45) is 4.16. The molecule has 2 heterocycles. The lowest BCUT2D eigenvalue weighted by atomic mass is 10.1. The number of rotatable bonds is 11. The van der Waals surface area contributed by atoms with Gasteiger partial charge in [-0.2, -0.15) is 0 Å². The van der Waals surface area contributed by atoms with Gasteiger partial charge in [-0.3, -0.25) is 15.1 Å². The van der Waals surface area contributed by atoms with Crippen LogP contribution in [0.1, 0.15) is 56.8 Å². The first-order valence-corrected chi connectivity index (χ1v) is 14.6. The average molecular weight is 543 g/mol. The minimum Gasteiger partial charge on any atom is -0.490 e. The molecule has 1 N–H and O–H groups in total. The second kappa shape index (κ2) is 12.8. The fourth-order valence-electron chi connectivity index (χ4n) is 4.62. The summed E-state index contributed by atoms with van der Waals surface area (Å²) in [5.41, 5.74) is 2.45. The zero-order valence-electron chi connectivity index (χ0n) is 22.4. The number of hydrogen-bond donors (Lipinski definition) is 1. The first-order chi connectivity index (χ1) is 19.2. The van der Waals surface area contributed by atoms with Crippen LogP contribution in [0.15, 0.2) is 82.9 Å². The van der Waals surface area contributed by atoms with Gasteiger partial charge in [-0.25, -0.2) is 5.01 Å². The largest absolute Gasteiger partial charge is 0.490 e. The number of carbonyl (C=O) groups excluding carboxylic acids is 1. The van der Waals surface area contributed by atoms with Crippen LogP contribution in [0.5, 0.6) is 11.5 Å². The lowest BCUT2D eigenvalue weighted by Gasteiger charge is -2.34. The Hall–Kier alpha value is -3.78. The van der Waals surface area contributed by atoms with Crippen LogP contribution in [0.25, 0.3) is 5.70 Å². The van der Waals surface area contributed by atoms with Crippen LogP contribution in [0.3, 0.4) is 0 Å². The van der Waals surface area contributed by atoms with Crippen LogP contribution in [-0.4, -0.2) is 28.4 Å². The fourth-order valence-corrected chi connectivity index (χ4v) is 5.47. The Bertz CT molecular complexity index is 1460. The summed E-state index contributed by atoms with van der Waals surface area (Å²) in [6.45, 7) is 5.09. The number of hydrazone groups is 1. The van der Waals surface area contributed by atoms with Crippen molar-refractivity contribution < 1.29 is 14.3 Å². The standard InChI is InChI=1S/C31H34N4O3S/c1-3-5-6-12-19-39-31-33-30(36)28-24-15-10-11-16-25(24)32-29(35(28)34-31)23-17-18-26(27(20-23)37-4-2)38-21-22-13-8-7-9-14-22/h7-11,13-18,20,29H,3-6,12,19,21H2,1-2H3,(H,33,34,36). The summed E-state index contributed by atoms with van der Waals surface area (Å²) < 4.78 is 12.1. The van der Waals surface area contributed by atoms with Crippen LogP contribution in [0.2, 0.25) is 0 Å². The third-order valence-corrected chi connectivity index (χ3v) is 7.50. The second-order valence-corrected chi connectivity index (χ2v) is 10.5. The Morgan fingerprint density at radius 1 is 0.923 bits per heavy atom. The predicted octanol–water partition coefficient (Wildman–Crippen LogP) is 5.12. The maximum absolute atomic E-state index is 13.4. The third-order valence-electron chi connectivity index (χ3n) is 6.55. The highest BCUT2D eigenvalue weighted by Crippen LogP contribution is 2.36. The van der Waals surface area contributed by atoms with Gasteiger partial charge >= 0.3 is 0 Å². The van der Waals surface area contributed by atoms with Gasteiger partial charge in [0.25, 0.3) is 5.91 Å². The van der Waals surface area contributed by atoms with Crippen molar-refractivity contribution in [2.75, 3.05) is 12.4 Å². The summed E-state index contributed by atoms with van der Waals surface area (Å²) in [4.78, 5) is 18.4. The van der Waals surface area contributed by atoms with Gasteiger partial charge in [-0.15, -0.1) is 5.10 Å². The van der Waals surface area contributed by atoms with Crippen molar-refractivity contribution in [1.29, 1.82) is 0 Å². The molecule has 0 bridgehead atoms. The first-order valence-electron chi connectivity index (χ1n) is 13.6. The molecule has 0 radical (unpaired) electrons. The Morgan fingerprint density at radius 3 is 2.56 bits per heavy atom. The Labute approximate surface area is 233 Å². The van der Waals surface area contributed by atoms with E-state index in [1.54, 1.807) is 16.8 Å². The number of nitrogens with zero attached hydrogens (tertiary/aromatic N) is 3. The van der Waals surface area contributed by atoms with Crippen LogP contribution in [0, 0.1) is 0 Å². The van der Waals surface area contributed by atoms with Crippen LogP contribution >= 0.6 is 11.8 Å². The molecule has 3 aromatic carbocycles. The molecule has 0 saturated carbocycles. The maximum atomic E-state index is 13.4. The summed E-state index contributed by atoms with van der Waals surface area (Å²) in [5, 5.41) is 11.8. The number of ether oxygens (including phenoxy) is 2. The van der Waals surface area contributed by atoms with E-state index < -0.39 is 6.17 Å². The lowest BCUT2D eigenvalue weighted by Crippen LogP contribution is -2.50. The molecule has 0 aromatic heterocycles. The van der Waals surface area contributed by atoms with Gasteiger partial charge in [0.2, 0.25) is 0 Å². The molecule has 3 aromatic rings. The van der Waals surface area contributed by atoms with E-state index in [0.717, 1.165) is 33.9 Å². The Morgan fingerprint density at radius 2 is 1.74 bits per heavy atom. The Balaban J connectivity index is 1.47. The van der Waals surface area contributed by atoms with Crippen LogP contribution in [-0.2, 0) is 11.4 Å². The van der Waals surface area contributed by atoms with Crippen molar-refractivity contribution in [1.82, 2.24) is 10.3 Å². The smallest absolute Gasteiger partial charge is 0.276 e. The quantitative estimate of drug-likeness (QED) is 0.341. The number of amidine groups is 1. The number of thioether (sulfide) groups is 1. The van der Waals surface area contributed by atoms with Gasteiger partial charge in [-0.1, -0.05) is 92.5 Å². The van der Waals surface area contributed by atoms with Gasteiger partial charge in [0.15, 0.2) is 22.8 Å². The van der Waals surface area contributed by atoms with Gasteiger partial charge < -0.3 is 9.47 Å². The van der Waals surface area contributed by atoms with Crippen molar-refractivity contribution in [2.24, 2.45) is 10.1 Å². The van der Waals surface area contributed by atoms with Gasteiger partial charge in [-0.05, 0) is 37.1 Å². The molecular weight excluding hydrogens is 508 g/mol. The highest BCUT2D eigenvalue weighted by molar-refractivity contribution is 8.13. The molecular formula is C31H34N4O3S. The van der Waals surface area contributed by atoms with E-state index >= 15 is 0 Å². The normalized spacial score (nSPS) is 16.0. The first kappa shape index (κ1) is 26.8. The van der Waals surface area contributed by atoms with Crippen LogP contribution < -0.4 is 25.4 Å². The molecule has 1 unspecified atom stereocenters. The molecule has 0 spiro atoms. The minimum absolute atomic E-state index is 0.166. The number of unbranched alkanes of at least 4 members (excludes halogenated alkanes) is 3. The monoisotopic (exact) mass is 542 g/mol. The number of hydrogen-bond acceptors (Lipinski definition) is 7. The molecule has 1 amide bonds. The summed E-state index contributed by atoms with van der Waals surface area (Å²) >= 11 is 1.58. The van der Waals surface area contributed by atoms with Gasteiger partial charge in [0, 0.05) is 16.5 Å². The average Bonchev–Trinajstić information content (AvgIpc) is 2.96. The van der Waals surface area contributed by atoms with Gasteiger partial charge in [0.1, 0.15) is 12.3 Å². The zero-order chi connectivity index (χ0) is 27.0. The maximum Gasteiger partial charge on any atom is 0.276 e. The molecule has 0 fully saturated rings. The second-order valence-electron chi connectivity index (χ2n) is 9.39. The molecule has 2 aliphatic heterocycles. The highest BCUT2D eigenvalue weighted by atomic mass is 32.2. The fraction of sp³-hybridized carbons (Fsp3) is 0.323. The molecule has 0 saturated heterocycles. The highest BCUT2D eigenvalue weighted by Gasteiger charge is 2.34. The van der Waals surface area contributed by atoms with Crippen molar-refractivity contribution in [3.8, 4) is 11.5 Å². The number of nitrogens with one attached hydrogen (secondary N) is 1. The number of para-hydroxylation sites is 1. The van der Waals surface area contributed by atoms with Crippen molar-refractivity contribution in [2.45, 2.75) is 52.3 Å². The van der Waals surface area contributed by atoms with Crippen LogP contribution in [0.4, 0.5) is 0 Å². The third kappa shape index (κ3) is 6.28. The number of benzene rings is 3. The number of carbonyl (C=O) groups is 1. The SMILES string of the molecule is CCCCCCSC1=NN2C(=c3ccccc3=NC2c2ccc(OCc3ccccc3)c(OCC)c2)C(=O)N1. The number of amides is 1. The van der Waals surface area contributed by atoms with E-state index in [9.17, 15) is 4.79 Å². The zero-order valence-corrected chi connectivity index (χ0v) is 23.2. The molecule has 2 aliphatic rings. The Kier molecular flexibility index (Phi) is 8.83. The van der Waals surface area contributed by atoms with E-state index in [2.05, 4.69) is 12.2 Å². The topological polar surface area (TPSA) is 75.5 Å². The molecule has 8 heteroatoms. The van der Waals surface area contributed by atoms with E-state index in [4.69, 9.17) is 19.6 Å². The van der Waals surface area contributed by atoms with E-state index in [0.29, 0.717) is 35.6 Å². The molecule has 39 heavy (non-hydrogen) atoms. The summed E-state index contributed by atoms with van der Waals surface area (Å²) in [6, 6.07) is 23.6. The van der Waals surface area contributed by atoms with Crippen molar-refractivity contribution >= 4 is 28.5 Å². The predicted molar refractivity (Wildman–Crippen MR) is 156 cm³/mol. The lowest BCUT2D eigenvalue weighted by molar-refractivity contribution is -0.116.